The quantitative estimate of drug-likeness (QED) is 0.764. The van der Waals surface area contributed by atoms with Gasteiger partial charge in [-0.05, 0) is 43.9 Å². The lowest BCUT2D eigenvalue weighted by molar-refractivity contribution is -0.130. The van der Waals surface area contributed by atoms with E-state index in [1.807, 2.05) is 56.9 Å². The lowest BCUT2D eigenvalue weighted by atomic mass is 10.1. The van der Waals surface area contributed by atoms with Crippen molar-refractivity contribution in [1.82, 2.24) is 9.80 Å². The fourth-order valence-electron chi connectivity index (χ4n) is 2.97. The topological polar surface area (TPSA) is 59.1 Å². The third-order valence-electron chi connectivity index (χ3n) is 4.27. The number of ether oxygens (including phenoxy) is 2. The number of hydrogen-bond acceptors (Lipinski definition) is 4. The molecule has 1 aliphatic heterocycles. The predicted molar refractivity (Wildman–Crippen MR) is 105 cm³/mol. The highest BCUT2D eigenvalue weighted by Crippen LogP contribution is 2.16. The molecule has 2 amide bonds. The van der Waals surface area contributed by atoms with Crippen LogP contribution >= 0.6 is 0 Å². The standard InChI is InChI=1S/C21H32N2O4/c1-16(2)15-26-21(25)23-10-6-9-22(11-12-23)20(24)14-18-7-5-8-19(13-18)27-17(3)4/h5,7-8,13,16-17H,6,9-12,14-15H2,1-4H3. The molecular formula is C21H32N2O4. The van der Waals surface area contributed by atoms with E-state index in [-0.39, 0.29) is 18.1 Å². The number of hydrogen-bond donors (Lipinski definition) is 0. The van der Waals surface area contributed by atoms with Crippen molar-refractivity contribution in [3.8, 4) is 5.75 Å². The maximum Gasteiger partial charge on any atom is 0.409 e. The van der Waals surface area contributed by atoms with Gasteiger partial charge in [0, 0.05) is 26.2 Å². The van der Waals surface area contributed by atoms with Gasteiger partial charge in [-0.2, -0.15) is 0 Å². The Morgan fingerprint density at radius 3 is 2.44 bits per heavy atom. The van der Waals surface area contributed by atoms with Gasteiger partial charge in [0.15, 0.2) is 0 Å². The lowest BCUT2D eigenvalue weighted by Crippen LogP contribution is -2.38. The predicted octanol–water partition coefficient (Wildman–Crippen LogP) is 3.34. The van der Waals surface area contributed by atoms with Crippen molar-refractivity contribution in [2.75, 3.05) is 32.8 Å². The molecule has 0 saturated carbocycles. The molecule has 6 heteroatoms. The second-order valence-corrected chi connectivity index (χ2v) is 7.68. The smallest absolute Gasteiger partial charge is 0.409 e. The zero-order valence-corrected chi connectivity index (χ0v) is 16.9. The zero-order chi connectivity index (χ0) is 19.8. The number of rotatable bonds is 6. The Balaban J connectivity index is 1.88. The molecule has 0 aromatic heterocycles. The minimum atomic E-state index is -0.281. The van der Waals surface area contributed by atoms with Crippen molar-refractivity contribution in [3.05, 3.63) is 29.8 Å². The molecule has 0 bridgehead atoms. The molecule has 0 spiro atoms. The first-order valence-corrected chi connectivity index (χ1v) is 9.80. The number of carbonyl (C=O) groups excluding carboxylic acids is 2. The third kappa shape index (κ3) is 7.12. The summed E-state index contributed by atoms with van der Waals surface area (Å²) in [5.41, 5.74) is 0.940. The highest BCUT2D eigenvalue weighted by molar-refractivity contribution is 5.79. The van der Waals surface area contributed by atoms with Crippen LogP contribution in [0, 0.1) is 5.92 Å². The molecule has 2 rings (SSSR count). The first kappa shape index (κ1) is 21.1. The molecular weight excluding hydrogens is 344 g/mol. The van der Waals surface area contributed by atoms with Crippen LogP contribution in [0.1, 0.15) is 39.7 Å². The van der Waals surface area contributed by atoms with Gasteiger partial charge in [0.1, 0.15) is 5.75 Å². The molecule has 6 nitrogen and oxygen atoms in total. The molecule has 0 atom stereocenters. The van der Waals surface area contributed by atoms with Crippen molar-refractivity contribution in [2.45, 2.75) is 46.6 Å². The van der Waals surface area contributed by atoms with Crippen LogP contribution in [0.2, 0.25) is 0 Å². The molecule has 1 aliphatic rings. The van der Waals surface area contributed by atoms with Crippen LogP contribution < -0.4 is 4.74 Å². The molecule has 1 aromatic carbocycles. The van der Waals surface area contributed by atoms with Gasteiger partial charge < -0.3 is 19.3 Å². The first-order valence-electron chi connectivity index (χ1n) is 9.80. The maximum absolute atomic E-state index is 12.7. The van der Waals surface area contributed by atoms with E-state index in [0.717, 1.165) is 17.7 Å². The van der Waals surface area contributed by atoms with E-state index < -0.39 is 0 Å². The molecule has 1 heterocycles. The molecule has 1 fully saturated rings. The van der Waals surface area contributed by atoms with Gasteiger partial charge in [-0.15, -0.1) is 0 Å². The van der Waals surface area contributed by atoms with Crippen LogP contribution in [0.15, 0.2) is 24.3 Å². The Bertz CT molecular complexity index is 630. The summed E-state index contributed by atoms with van der Waals surface area (Å²) < 4.78 is 11.0. The van der Waals surface area contributed by atoms with Gasteiger partial charge in [-0.25, -0.2) is 4.79 Å². The molecule has 0 aliphatic carbocycles. The summed E-state index contributed by atoms with van der Waals surface area (Å²) in [6, 6.07) is 7.68. The summed E-state index contributed by atoms with van der Waals surface area (Å²) in [6.07, 6.45) is 0.922. The Morgan fingerprint density at radius 1 is 1.04 bits per heavy atom. The first-order chi connectivity index (χ1) is 12.8. The van der Waals surface area contributed by atoms with E-state index in [9.17, 15) is 9.59 Å². The van der Waals surface area contributed by atoms with Crippen molar-refractivity contribution < 1.29 is 19.1 Å². The molecule has 150 valence electrons. The Hall–Kier alpha value is -2.24. The lowest BCUT2D eigenvalue weighted by Gasteiger charge is -2.22. The van der Waals surface area contributed by atoms with Gasteiger partial charge in [-0.1, -0.05) is 26.0 Å². The number of nitrogens with zero attached hydrogens (tertiary/aromatic N) is 2. The number of benzene rings is 1. The molecule has 0 N–H and O–H groups in total. The van der Waals surface area contributed by atoms with E-state index >= 15 is 0 Å². The van der Waals surface area contributed by atoms with E-state index in [1.54, 1.807) is 4.90 Å². The van der Waals surface area contributed by atoms with Crippen molar-refractivity contribution in [1.29, 1.82) is 0 Å². The van der Waals surface area contributed by atoms with Crippen LogP contribution in [-0.4, -0.2) is 60.7 Å². The highest BCUT2D eigenvalue weighted by atomic mass is 16.6. The van der Waals surface area contributed by atoms with Gasteiger partial charge in [-0.3, -0.25) is 4.79 Å². The van der Waals surface area contributed by atoms with E-state index in [4.69, 9.17) is 9.47 Å². The molecule has 1 aromatic rings. The van der Waals surface area contributed by atoms with Gasteiger partial charge >= 0.3 is 6.09 Å². The summed E-state index contributed by atoms with van der Waals surface area (Å²) in [4.78, 5) is 28.4. The second-order valence-electron chi connectivity index (χ2n) is 7.68. The molecule has 27 heavy (non-hydrogen) atoms. The molecule has 1 saturated heterocycles. The summed E-state index contributed by atoms with van der Waals surface area (Å²) in [6.45, 7) is 10.7. The number of amides is 2. The fraction of sp³-hybridized carbons (Fsp3) is 0.619. The minimum Gasteiger partial charge on any atom is -0.491 e. The van der Waals surface area contributed by atoms with E-state index in [0.29, 0.717) is 45.1 Å². The van der Waals surface area contributed by atoms with Crippen LogP contribution in [0.4, 0.5) is 4.79 Å². The van der Waals surface area contributed by atoms with Crippen LogP contribution in [0.5, 0.6) is 5.75 Å². The van der Waals surface area contributed by atoms with Crippen LogP contribution in [0.25, 0.3) is 0 Å². The van der Waals surface area contributed by atoms with Gasteiger partial charge in [0.25, 0.3) is 0 Å². The average Bonchev–Trinajstić information content (AvgIpc) is 2.85. The monoisotopic (exact) mass is 376 g/mol. The Kier molecular flexibility index (Phi) is 7.95. The fourth-order valence-corrected chi connectivity index (χ4v) is 2.97. The third-order valence-corrected chi connectivity index (χ3v) is 4.27. The van der Waals surface area contributed by atoms with Crippen LogP contribution in [0.3, 0.4) is 0 Å². The summed E-state index contributed by atoms with van der Waals surface area (Å²) >= 11 is 0. The number of carbonyl (C=O) groups is 2. The highest BCUT2D eigenvalue weighted by Gasteiger charge is 2.23. The minimum absolute atomic E-state index is 0.0779. The van der Waals surface area contributed by atoms with Crippen molar-refractivity contribution in [2.24, 2.45) is 5.92 Å². The van der Waals surface area contributed by atoms with Gasteiger partial charge in [0.05, 0.1) is 19.1 Å². The maximum atomic E-state index is 12.7. The Morgan fingerprint density at radius 2 is 1.74 bits per heavy atom. The van der Waals surface area contributed by atoms with Gasteiger partial charge in [0.2, 0.25) is 5.91 Å². The molecule has 0 radical (unpaired) electrons. The zero-order valence-electron chi connectivity index (χ0n) is 16.9. The van der Waals surface area contributed by atoms with E-state index in [2.05, 4.69) is 0 Å². The van der Waals surface area contributed by atoms with Crippen LogP contribution in [-0.2, 0) is 16.0 Å². The van der Waals surface area contributed by atoms with E-state index in [1.165, 1.54) is 0 Å². The van der Waals surface area contributed by atoms with Crippen molar-refractivity contribution >= 4 is 12.0 Å². The Labute approximate surface area is 162 Å². The normalized spacial score (nSPS) is 15.0. The van der Waals surface area contributed by atoms with Crippen molar-refractivity contribution in [3.63, 3.8) is 0 Å². The average molecular weight is 376 g/mol. The summed E-state index contributed by atoms with van der Waals surface area (Å²) in [5, 5.41) is 0. The summed E-state index contributed by atoms with van der Waals surface area (Å²) in [7, 11) is 0. The molecule has 0 unspecified atom stereocenters. The summed E-state index contributed by atoms with van der Waals surface area (Å²) in [5.74, 6) is 1.17. The largest absolute Gasteiger partial charge is 0.491 e. The second kappa shape index (κ2) is 10.2. The SMILES string of the molecule is CC(C)COC(=O)N1CCCN(C(=O)Cc2cccc(OC(C)C)c2)CC1.